The predicted molar refractivity (Wildman–Crippen MR) is 162 cm³/mol. The highest BCUT2D eigenvalue weighted by Gasteiger charge is 2.14. The van der Waals surface area contributed by atoms with Crippen LogP contribution in [0.2, 0.25) is 0 Å². The summed E-state index contributed by atoms with van der Waals surface area (Å²) < 4.78 is 3.73. The average molecular weight is 587 g/mol. The summed E-state index contributed by atoms with van der Waals surface area (Å²) in [6, 6.07) is 16.2. The predicted octanol–water partition coefficient (Wildman–Crippen LogP) is 4.56. The van der Waals surface area contributed by atoms with Crippen LogP contribution in [0.4, 0.5) is 10.3 Å². The molecule has 1 amide bonds. The Morgan fingerprint density at radius 2 is 1.29 bits per heavy atom. The summed E-state index contributed by atoms with van der Waals surface area (Å²) >= 11 is 3.02. The average Bonchev–Trinajstić information content (AvgIpc) is 3.75. The highest BCUT2D eigenvalue weighted by molar-refractivity contribution is 7.15. The van der Waals surface area contributed by atoms with Crippen LogP contribution in [0.5, 0.6) is 0 Å². The number of carbonyl (C=O) groups excluding carboxylic acids is 1. The first-order valence-electron chi connectivity index (χ1n) is 13.5. The molecule has 210 valence electrons. The Bertz CT molecular complexity index is 1800. The number of unbranched alkanes of at least 4 members (excludes halogenated alkanes) is 1. The highest BCUT2D eigenvalue weighted by atomic mass is 32.1. The Labute approximate surface area is 244 Å². The summed E-state index contributed by atoms with van der Waals surface area (Å²) in [6.45, 7) is 0.754. The molecule has 0 spiro atoms. The van der Waals surface area contributed by atoms with Crippen LogP contribution in [0, 0.1) is 0 Å². The SMILES string of the molecule is Cn1nc(CCNc2nnc(CCCCc3nnc(NC(=O)Cc4nn(C)c5ccccc45)s3)s2)c2ccccc21. The Hall–Kier alpha value is -4.23. The van der Waals surface area contributed by atoms with Crippen molar-refractivity contribution in [3.05, 3.63) is 69.9 Å². The minimum atomic E-state index is -0.148. The van der Waals surface area contributed by atoms with Crippen LogP contribution in [0.15, 0.2) is 48.5 Å². The lowest BCUT2D eigenvalue weighted by Crippen LogP contribution is -2.14. The Balaban J connectivity index is 0.916. The van der Waals surface area contributed by atoms with Gasteiger partial charge in [0.05, 0.1) is 28.8 Å². The van der Waals surface area contributed by atoms with Crippen LogP contribution in [0.3, 0.4) is 0 Å². The molecular formula is C28H30N10OS2. The Morgan fingerprint density at radius 3 is 1.98 bits per heavy atom. The molecule has 2 aromatic carbocycles. The van der Waals surface area contributed by atoms with Gasteiger partial charge in [0.15, 0.2) is 0 Å². The smallest absolute Gasteiger partial charge is 0.232 e. The standard InChI is InChI=1S/C28H30N10OS2/c1-37-22-11-5-3-9-18(22)20(35-37)15-16-29-27-33-31-25(40-27)13-7-8-14-26-32-34-28(41-26)30-24(39)17-21-19-10-4-6-12-23(19)38(2)36-21/h3-6,9-12H,7-8,13-17H2,1-2H3,(H,29,33)(H,30,34,39). The number of nitrogens with zero attached hydrogens (tertiary/aromatic N) is 8. The van der Waals surface area contributed by atoms with E-state index in [1.807, 2.05) is 55.2 Å². The lowest BCUT2D eigenvalue weighted by Gasteiger charge is -2.00. The molecule has 4 aromatic heterocycles. The maximum absolute atomic E-state index is 12.6. The number of nitrogens with one attached hydrogen (secondary N) is 2. The van der Waals surface area contributed by atoms with Gasteiger partial charge in [-0.3, -0.25) is 14.2 Å². The number of aromatic nitrogens is 8. The van der Waals surface area contributed by atoms with Crippen LogP contribution in [-0.4, -0.2) is 52.4 Å². The number of amides is 1. The van der Waals surface area contributed by atoms with E-state index in [4.69, 9.17) is 0 Å². The summed E-state index contributed by atoms with van der Waals surface area (Å²) in [5, 5.41) is 37.9. The van der Waals surface area contributed by atoms with Gasteiger partial charge in [0, 0.05) is 50.7 Å². The molecule has 0 atom stereocenters. The lowest BCUT2D eigenvalue weighted by atomic mass is 10.1. The maximum Gasteiger partial charge on any atom is 0.232 e. The second-order valence-corrected chi connectivity index (χ2v) is 11.9. The number of para-hydroxylation sites is 2. The molecule has 0 aliphatic rings. The molecule has 6 rings (SSSR count). The minimum Gasteiger partial charge on any atom is -0.360 e. The number of hydrogen-bond acceptors (Lipinski definition) is 10. The Morgan fingerprint density at radius 1 is 0.732 bits per heavy atom. The first-order valence-corrected chi connectivity index (χ1v) is 15.2. The van der Waals surface area contributed by atoms with Crippen molar-refractivity contribution in [2.45, 2.75) is 38.5 Å². The molecule has 0 aliphatic heterocycles. The third-order valence-electron chi connectivity index (χ3n) is 6.85. The van der Waals surface area contributed by atoms with Gasteiger partial charge >= 0.3 is 0 Å². The molecule has 2 N–H and O–H groups in total. The van der Waals surface area contributed by atoms with Gasteiger partial charge in [0.1, 0.15) is 10.0 Å². The first-order chi connectivity index (χ1) is 20.0. The molecule has 4 heterocycles. The number of fused-ring (bicyclic) bond motifs is 2. The van der Waals surface area contributed by atoms with Crippen molar-refractivity contribution in [2.75, 3.05) is 17.2 Å². The van der Waals surface area contributed by atoms with E-state index in [9.17, 15) is 4.79 Å². The molecule has 6 aromatic rings. The second kappa shape index (κ2) is 12.1. The molecule has 0 bridgehead atoms. The van der Waals surface area contributed by atoms with Gasteiger partial charge in [-0.1, -0.05) is 59.1 Å². The van der Waals surface area contributed by atoms with Crippen molar-refractivity contribution in [2.24, 2.45) is 14.1 Å². The van der Waals surface area contributed by atoms with Gasteiger partial charge in [-0.05, 0) is 25.0 Å². The summed E-state index contributed by atoms with van der Waals surface area (Å²) in [5.41, 5.74) is 3.98. The van der Waals surface area contributed by atoms with Gasteiger partial charge in [0.25, 0.3) is 0 Å². The fourth-order valence-electron chi connectivity index (χ4n) is 4.88. The summed E-state index contributed by atoms with van der Waals surface area (Å²) in [7, 11) is 3.86. The zero-order valence-corrected chi connectivity index (χ0v) is 24.5. The molecule has 0 aliphatic carbocycles. The molecule has 0 fully saturated rings. The molecule has 0 unspecified atom stereocenters. The quantitative estimate of drug-likeness (QED) is 0.200. The van der Waals surface area contributed by atoms with Gasteiger partial charge in [0.2, 0.25) is 16.2 Å². The molecule has 0 saturated heterocycles. The largest absolute Gasteiger partial charge is 0.360 e. The number of hydrogen-bond donors (Lipinski definition) is 2. The number of rotatable bonds is 12. The maximum atomic E-state index is 12.6. The van der Waals surface area contributed by atoms with E-state index in [0.717, 1.165) is 81.6 Å². The lowest BCUT2D eigenvalue weighted by molar-refractivity contribution is -0.115. The van der Waals surface area contributed by atoms with E-state index in [1.165, 1.54) is 16.7 Å². The number of aryl methyl sites for hydroxylation is 4. The summed E-state index contributed by atoms with van der Waals surface area (Å²) in [4.78, 5) is 12.6. The van der Waals surface area contributed by atoms with Gasteiger partial charge in [-0.15, -0.1) is 20.4 Å². The van der Waals surface area contributed by atoms with E-state index in [2.05, 4.69) is 53.4 Å². The fraction of sp³-hybridized carbons (Fsp3) is 0.321. The second-order valence-electron chi connectivity index (χ2n) is 9.79. The van der Waals surface area contributed by atoms with E-state index in [0.29, 0.717) is 5.13 Å². The monoisotopic (exact) mass is 586 g/mol. The number of benzene rings is 2. The molecule has 11 nitrogen and oxygen atoms in total. The van der Waals surface area contributed by atoms with E-state index >= 15 is 0 Å². The summed E-state index contributed by atoms with van der Waals surface area (Å²) in [6.07, 6.45) is 4.61. The van der Waals surface area contributed by atoms with Crippen LogP contribution in [0.1, 0.15) is 34.2 Å². The molecule has 0 saturated carbocycles. The van der Waals surface area contributed by atoms with Crippen molar-refractivity contribution in [1.29, 1.82) is 0 Å². The summed E-state index contributed by atoms with van der Waals surface area (Å²) in [5.74, 6) is -0.148. The van der Waals surface area contributed by atoms with E-state index < -0.39 is 0 Å². The van der Waals surface area contributed by atoms with Crippen LogP contribution in [-0.2, 0) is 44.6 Å². The van der Waals surface area contributed by atoms with Crippen molar-refractivity contribution in [3.8, 4) is 0 Å². The molecular weight excluding hydrogens is 557 g/mol. The molecule has 41 heavy (non-hydrogen) atoms. The van der Waals surface area contributed by atoms with Crippen molar-refractivity contribution in [3.63, 3.8) is 0 Å². The molecule has 0 radical (unpaired) electrons. The zero-order valence-electron chi connectivity index (χ0n) is 22.9. The van der Waals surface area contributed by atoms with Crippen molar-refractivity contribution >= 4 is 60.6 Å². The molecule has 13 heteroatoms. The Kier molecular flexibility index (Phi) is 7.96. The van der Waals surface area contributed by atoms with Crippen molar-refractivity contribution < 1.29 is 4.79 Å². The third-order valence-corrected chi connectivity index (χ3v) is 8.69. The van der Waals surface area contributed by atoms with Crippen LogP contribution in [0.25, 0.3) is 21.8 Å². The van der Waals surface area contributed by atoms with Crippen molar-refractivity contribution in [1.82, 2.24) is 40.0 Å². The highest BCUT2D eigenvalue weighted by Crippen LogP contribution is 2.22. The minimum absolute atomic E-state index is 0.148. The number of carbonyl (C=O) groups is 1. The van der Waals surface area contributed by atoms with Gasteiger partial charge < -0.3 is 10.6 Å². The zero-order chi connectivity index (χ0) is 28.2. The first kappa shape index (κ1) is 27.0. The normalized spacial score (nSPS) is 11.5. The van der Waals surface area contributed by atoms with Gasteiger partial charge in [-0.2, -0.15) is 10.2 Å². The van der Waals surface area contributed by atoms with E-state index in [1.54, 1.807) is 16.0 Å². The van der Waals surface area contributed by atoms with Crippen LogP contribution < -0.4 is 10.6 Å². The fourth-order valence-corrected chi connectivity index (χ4v) is 6.48. The number of anilines is 2. The third kappa shape index (κ3) is 6.25. The van der Waals surface area contributed by atoms with E-state index in [-0.39, 0.29) is 12.3 Å². The van der Waals surface area contributed by atoms with Crippen LogP contribution >= 0.6 is 22.7 Å². The topological polar surface area (TPSA) is 128 Å². The van der Waals surface area contributed by atoms with Gasteiger partial charge in [-0.25, -0.2) is 0 Å².